The summed E-state index contributed by atoms with van der Waals surface area (Å²) in [6, 6.07) is 0. The summed E-state index contributed by atoms with van der Waals surface area (Å²) < 4.78 is 10.6. The minimum Gasteiger partial charge on any atom is -0.382 e. The molecule has 0 bridgehead atoms. The van der Waals surface area contributed by atoms with Crippen LogP contribution in [0.15, 0.2) is 10.2 Å². The predicted octanol–water partition coefficient (Wildman–Crippen LogP) is 1.22. The summed E-state index contributed by atoms with van der Waals surface area (Å²) in [4.78, 5) is 14.0. The van der Waals surface area contributed by atoms with E-state index in [1.54, 1.807) is 7.11 Å². The molecule has 0 aliphatic carbocycles. The second-order valence-corrected chi connectivity index (χ2v) is 5.17. The quantitative estimate of drug-likeness (QED) is 0.658. The van der Waals surface area contributed by atoms with Crippen LogP contribution in [0.3, 0.4) is 0 Å². The molecule has 1 saturated heterocycles. The van der Waals surface area contributed by atoms with Crippen molar-refractivity contribution in [3.8, 4) is 12.3 Å². The van der Waals surface area contributed by atoms with Gasteiger partial charge in [-0.1, -0.05) is 0 Å². The van der Waals surface area contributed by atoms with Gasteiger partial charge in [0.05, 0.1) is 19.3 Å². The lowest BCUT2D eigenvalue weighted by atomic mass is 10.0. The van der Waals surface area contributed by atoms with Gasteiger partial charge in [0.25, 0.3) is 0 Å². The molecule has 0 radical (unpaired) electrons. The number of morpholine rings is 1. The van der Waals surface area contributed by atoms with E-state index in [1.165, 1.54) is 0 Å². The summed E-state index contributed by atoms with van der Waals surface area (Å²) in [6.07, 6.45) is 7.72. The first-order chi connectivity index (χ1) is 9.69. The van der Waals surface area contributed by atoms with Gasteiger partial charge in [0.1, 0.15) is 0 Å². The Kier molecular flexibility index (Phi) is 5.10. The van der Waals surface area contributed by atoms with Crippen LogP contribution >= 0.6 is 0 Å². The maximum absolute atomic E-state index is 12.2. The fourth-order valence-electron chi connectivity index (χ4n) is 2.37. The Morgan fingerprint density at radius 2 is 2.35 bits per heavy atom. The smallest absolute Gasteiger partial charge is 0.222 e. The summed E-state index contributed by atoms with van der Waals surface area (Å²) in [5, 5.41) is 8.09. The standard InChI is InChI=1S/C14H21N3O3/c1-3-4-6-14(15-16-14)7-5-13(18)17-8-9-20-12(10-17)11-19-2/h1,12H,4-11H2,2H3. The van der Waals surface area contributed by atoms with Crippen molar-refractivity contribution in [2.24, 2.45) is 10.2 Å². The first-order valence-electron chi connectivity index (χ1n) is 6.95. The van der Waals surface area contributed by atoms with E-state index in [4.69, 9.17) is 15.9 Å². The monoisotopic (exact) mass is 279 g/mol. The Bertz CT molecular complexity index is 408. The van der Waals surface area contributed by atoms with E-state index in [0.717, 1.165) is 6.42 Å². The predicted molar refractivity (Wildman–Crippen MR) is 73.1 cm³/mol. The van der Waals surface area contributed by atoms with Gasteiger partial charge in [0.15, 0.2) is 5.66 Å². The van der Waals surface area contributed by atoms with Crippen molar-refractivity contribution < 1.29 is 14.3 Å². The minimum atomic E-state index is -0.375. The molecule has 0 aromatic rings. The van der Waals surface area contributed by atoms with E-state index < -0.39 is 0 Å². The van der Waals surface area contributed by atoms with Gasteiger partial charge in [0, 0.05) is 45.9 Å². The third-order valence-electron chi connectivity index (χ3n) is 3.64. The van der Waals surface area contributed by atoms with Gasteiger partial charge in [0.2, 0.25) is 5.91 Å². The van der Waals surface area contributed by atoms with Crippen LogP contribution in [-0.2, 0) is 14.3 Å². The summed E-state index contributed by atoms with van der Waals surface area (Å²) in [7, 11) is 1.63. The summed E-state index contributed by atoms with van der Waals surface area (Å²) >= 11 is 0. The number of amides is 1. The first kappa shape index (κ1) is 14.9. The molecule has 1 fully saturated rings. The van der Waals surface area contributed by atoms with Crippen LogP contribution in [0.2, 0.25) is 0 Å². The first-order valence-corrected chi connectivity index (χ1v) is 6.95. The van der Waals surface area contributed by atoms with Gasteiger partial charge >= 0.3 is 0 Å². The Labute approximate surface area is 119 Å². The number of rotatable bonds is 7. The van der Waals surface area contributed by atoms with Crippen molar-refractivity contribution >= 4 is 5.91 Å². The molecular weight excluding hydrogens is 258 g/mol. The van der Waals surface area contributed by atoms with Crippen molar-refractivity contribution in [1.29, 1.82) is 0 Å². The highest BCUT2D eigenvalue weighted by atomic mass is 16.5. The van der Waals surface area contributed by atoms with Gasteiger partial charge in [-0.25, -0.2) is 0 Å². The Hall–Kier alpha value is -1.45. The molecule has 0 aromatic heterocycles. The van der Waals surface area contributed by atoms with Crippen LogP contribution in [0.5, 0.6) is 0 Å². The molecule has 2 heterocycles. The Morgan fingerprint density at radius 1 is 1.55 bits per heavy atom. The fourth-order valence-corrected chi connectivity index (χ4v) is 2.37. The van der Waals surface area contributed by atoms with Crippen LogP contribution in [0, 0.1) is 12.3 Å². The topological polar surface area (TPSA) is 63.5 Å². The van der Waals surface area contributed by atoms with Crippen LogP contribution in [-0.4, -0.2) is 56.0 Å². The van der Waals surface area contributed by atoms with Crippen molar-refractivity contribution in [1.82, 2.24) is 4.90 Å². The van der Waals surface area contributed by atoms with E-state index in [2.05, 4.69) is 16.1 Å². The van der Waals surface area contributed by atoms with Crippen LogP contribution in [0.1, 0.15) is 25.7 Å². The molecule has 0 aromatic carbocycles. The van der Waals surface area contributed by atoms with E-state index in [1.807, 2.05) is 4.90 Å². The molecule has 1 atom stereocenters. The summed E-state index contributed by atoms with van der Waals surface area (Å²) in [5.74, 6) is 2.72. The van der Waals surface area contributed by atoms with Gasteiger partial charge in [-0.2, -0.15) is 10.2 Å². The van der Waals surface area contributed by atoms with Gasteiger partial charge in [-0.3, -0.25) is 4.79 Å². The van der Waals surface area contributed by atoms with Crippen LogP contribution < -0.4 is 0 Å². The largest absolute Gasteiger partial charge is 0.382 e. The SMILES string of the molecule is C#CCCC1(CCC(=O)N2CCOC(COC)C2)N=N1. The number of terminal acetylenes is 1. The maximum atomic E-state index is 12.2. The number of hydrogen-bond donors (Lipinski definition) is 0. The fraction of sp³-hybridized carbons (Fsp3) is 0.786. The Balaban J connectivity index is 1.73. The zero-order valence-corrected chi connectivity index (χ0v) is 11.9. The summed E-state index contributed by atoms with van der Waals surface area (Å²) in [6.45, 7) is 2.32. The van der Waals surface area contributed by atoms with Crippen molar-refractivity contribution in [3.05, 3.63) is 0 Å². The molecule has 1 unspecified atom stereocenters. The molecule has 0 spiro atoms. The van der Waals surface area contributed by atoms with Gasteiger partial charge in [-0.15, -0.1) is 12.3 Å². The van der Waals surface area contributed by atoms with E-state index in [0.29, 0.717) is 45.6 Å². The second-order valence-electron chi connectivity index (χ2n) is 5.17. The number of carbonyl (C=O) groups is 1. The minimum absolute atomic E-state index is 0.0246. The van der Waals surface area contributed by atoms with Gasteiger partial charge < -0.3 is 14.4 Å². The zero-order valence-electron chi connectivity index (χ0n) is 11.9. The molecule has 6 nitrogen and oxygen atoms in total. The molecule has 110 valence electrons. The molecule has 2 rings (SSSR count). The molecule has 2 aliphatic rings. The van der Waals surface area contributed by atoms with Gasteiger partial charge in [-0.05, 0) is 0 Å². The third kappa shape index (κ3) is 4.02. The molecular formula is C14H21N3O3. The number of ether oxygens (including phenoxy) is 2. The normalized spacial score (nSPS) is 23.4. The van der Waals surface area contributed by atoms with Crippen molar-refractivity contribution in [2.45, 2.75) is 37.5 Å². The summed E-state index contributed by atoms with van der Waals surface area (Å²) in [5.41, 5.74) is -0.375. The molecule has 6 heteroatoms. The van der Waals surface area contributed by atoms with E-state index in [9.17, 15) is 4.79 Å². The third-order valence-corrected chi connectivity index (χ3v) is 3.64. The van der Waals surface area contributed by atoms with E-state index in [-0.39, 0.29) is 17.7 Å². The Morgan fingerprint density at radius 3 is 3.00 bits per heavy atom. The number of hydrogen-bond acceptors (Lipinski definition) is 5. The van der Waals surface area contributed by atoms with Crippen LogP contribution in [0.4, 0.5) is 0 Å². The van der Waals surface area contributed by atoms with Crippen molar-refractivity contribution in [3.63, 3.8) is 0 Å². The lowest BCUT2D eigenvalue weighted by Gasteiger charge is -2.32. The molecule has 0 saturated carbocycles. The average Bonchev–Trinajstić information content (AvgIpc) is 3.24. The average molecular weight is 279 g/mol. The lowest BCUT2D eigenvalue weighted by Crippen LogP contribution is -2.47. The zero-order chi connectivity index (χ0) is 14.4. The van der Waals surface area contributed by atoms with Crippen LogP contribution in [0.25, 0.3) is 0 Å². The van der Waals surface area contributed by atoms with Crippen molar-refractivity contribution in [2.75, 3.05) is 33.4 Å². The number of nitrogens with zero attached hydrogens (tertiary/aromatic N) is 3. The molecule has 0 N–H and O–H groups in total. The molecule has 20 heavy (non-hydrogen) atoms. The lowest BCUT2D eigenvalue weighted by molar-refractivity contribution is -0.141. The highest BCUT2D eigenvalue weighted by Gasteiger charge is 2.39. The van der Waals surface area contributed by atoms with E-state index >= 15 is 0 Å². The second kappa shape index (κ2) is 6.82. The number of methoxy groups -OCH3 is 1. The maximum Gasteiger partial charge on any atom is 0.222 e. The highest BCUT2D eigenvalue weighted by molar-refractivity contribution is 5.76. The number of carbonyl (C=O) groups excluding carboxylic acids is 1. The highest BCUT2D eigenvalue weighted by Crippen LogP contribution is 2.37. The molecule has 1 amide bonds. The molecule has 2 aliphatic heterocycles.